The molecule has 2 aliphatic heterocycles. The van der Waals surface area contributed by atoms with Gasteiger partial charge in [0.25, 0.3) is 0 Å². The number of amides is 1. The molecule has 1 spiro atoms. The smallest absolute Gasteiger partial charge is 0.407 e. The Kier molecular flexibility index (Phi) is 6.88. The molecule has 0 unspecified atom stereocenters. The number of halogens is 1. The topological polar surface area (TPSA) is 131 Å². The van der Waals surface area contributed by atoms with Crippen molar-refractivity contribution in [2.75, 3.05) is 30.3 Å². The average Bonchev–Trinajstić information content (AvgIpc) is 3.43. The van der Waals surface area contributed by atoms with Crippen LogP contribution in [0.2, 0.25) is 5.02 Å². The number of nitrogen functional groups attached to an aromatic ring is 1. The highest BCUT2D eigenvalue weighted by atomic mass is 35.5. The number of fused-ring (bicyclic) bond motifs is 1. The molecule has 2 aliphatic rings. The summed E-state index contributed by atoms with van der Waals surface area (Å²) in [5.41, 5.74) is 6.49. The van der Waals surface area contributed by atoms with Crippen molar-refractivity contribution in [1.29, 1.82) is 0 Å². The fourth-order valence-electron chi connectivity index (χ4n) is 5.08. The van der Waals surface area contributed by atoms with Gasteiger partial charge in [0.15, 0.2) is 5.82 Å². The van der Waals surface area contributed by atoms with Crippen LogP contribution in [0.1, 0.15) is 40.5 Å². The number of benzene rings is 1. The second-order valence-electron chi connectivity index (χ2n) is 10.7. The van der Waals surface area contributed by atoms with Crippen molar-refractivity contribution in [3.8, 4) is 0 Å². The Morgan fingerprint density at radius 1 is 1.32 bits per heavy atom. The number of hydrogen-bond donors (Lipinski definition) is 3. The molecule has 0 radical (unpaired) electrons. The highest BCUT2D eigenvalue weighted by Crippen LogP contribution is 2.43. The molecule has 1 amide bonds. The Morgan fingerprint density at radius 3 is 2.78 bits per heavy atom. The molecule has 0 aliphatic carbocycles. The molecule has 0 saturated carbocycles. The largest absolute Gasteiger partial charge is 0.444 e. The molecule has 1 aromatic carbocycles. The van der Waals surface area contributed by atoms with Crippen molar-refractivity contribution in [2.45, 2.75) is 68.2 Å². The first-order valence-electron chi connectivity index (χ1n) is 12.3. The van der Waals surface area contributed by atoms with Crippen LogP contribution in [0.5, 0.6) is 0 Å². The summed E-state index contributed by atoms with van der Waals surface area (Å²) < 4.78 is 11.5. The third-order valence-electron chi connectivity index (χ3n) is 7.00. The molecule has 4 heterocycles. The lowest BCUT2D eigenvalue weighted by Crippen LogP contribution is -2.55. The number of H-pyrrole nitrogens is 1. The highest BCUT2D eigenvalue weighted by molar-refractivity contribution is 7.99. The van der Waals surface area contributed by atoms with Gasteiger partial charge in [0.2, 0.25) is 0 Å². The number of nitrogens with one attached hydrogen (secondary N) is 2. The first kappa shape index (κ1) is 25.9. The van der Waals surface area contributed by atoms with Crippen LogP contribution < -0.4 is 16.0 Å². The number of anilines is 2. The van der Waals surface area contributed by atoms with E-state index in [1.807, 2.05) is 39.8 Å². The summed E-state index contributed by atoms with van der Waals surface area (Å²) in [6.07, 6.45) is 4.65. The van der Waals surface area contributed by atoms with Crippen LogP contribution >= 0.6 is 23.4 Å². The van der Waals surface area contributed by atoms with E-state index in [0.29, 0.717) is 22.5 Å². The van der Waals surface area contributed by atoms with E-state index in [9.17, 15) is 4.79 Å². The zero-order valence-corrected chi connectivity index (χ0v) is 22.9. The van der Waals surface area contributed by atoms with Gasteiger partial charge in [0, 0.05) is 28.8 Å². The lowest BCUT2D eigenvalue weighted by molar-refractivity contribution is 0.0434. The molecule has 0 bridgehead atoms. The van der Waals surface area contributed by atoms with Crippen LogP contribution in [0.4, 0.5) is 16.4 Å². The molecule has 37 heavy (non-hydrogen) atoms. The zero-order valence-electron chi connectivity index (χ0n) is 21.4. The molecule has 12 heteroatoms. The molecule has 198 valence electrons. The van der Waals surface area contributed by atoms with Crippen LogP contribution in [-0.4, -0.2) is 63.7 Å². The Morgan fingerprint density at radius 2 is 2.08 bits per heavy atom. The lowest BCUT2D eigenvalue weighted by Gasteiger charge is -2.43. The summed E-state index contributed by atoms with van der Waals surface area (Å²) in [7, 11) is 0. The van der Waals surface area contributed by atoms with Crippen LogP contribution in [0.3, 0.4) is 0 Å². The molecule has 3 aromatic rings. The van der Waals surface area contributed by atoms with E-state index in [0.717, 1.165) is 47.5 Å². The summed E-state index contributed by atoms with van der Waals surface area (Å²) in [5.74, 6) is 1.09. The maximum Gasteiger partial charge on any atom is 0.407 e. The Labute approximate surface area is 225 Å². The molecule has 2 aromatic heterocycles. The van der Waals surface area contributed by atoms with E-state index >= 15 is 0 Å². The number of hydrogen-bond acceptors (Lipinski definition) is 9. The quantitative estimate of drug-likeness (QED) is 0.429. The van der Waals surface area contributed by atoms with Gasteiger partial charge in [-0.1, -0.05) is 23.4 Å². The molecule has 10 nitrogen and oxygen atoms in total. The number of aromatic amines is 1. The van der Waals surface area contributed by atoms with Gasteiger partial charge in [0.05, 0.1) is 41.7 Å². The normalized spacial score (nSPS) is 21.5. The van der Waals surface area contributed by atoms with Crippen LogP contribution in [0, 0.1) is 5.41 Å². The maximum atomic E-state index is 12.5. The number of piperidine rings is 1. The average molecular weight is 546 g/mol. The number of alkyl carbamates (subject to hydrolysis) is 1. The van der Waals surface area contributed by atoms with Crippen molar-refractivity contribution >= 4 is 52.0 Å². The summed E-state index contributed by atoms with van der Waals surface area (Å²) in [6.45, 7) is 9.70. The van der Waals surface area contributed by atoms with Gasteiger partial charge in [-0.25, -0.2) is 14.8 Å². The minimum absolute atomic E-state index is 0.0843. The first-order chi connectivity index (χ1) is 17.5. The minimum atomic E-state index is -0.552. The van der Waals surface area contributed by atoms with Gasteiger partial charge in [-0.2, -0.15) is 5.10 Å². The Balaban J connectivity index is 1.25. The minimum Gasteiger partial charge on any atom is -0.444 e. The van der Waals surface area contributed by atoms with Crippen LogP contribution in [-0.2, 0) is 9.47 Å². The summed E-state index contributed by atoms with van der Waals surface area (Å²) in [6, 6.07) is 3.73. The molecular formula is C25H32ClN7O3S. The van der Waals surface area contributed by atoms with E-state index in [2.05, 4.69) is 30.4 Å². The van der Waals surface area contributed by atoms with Crippen LogP contribution in [0.15, 0.2) is 34.4 Å². The van der Waals surface area contributed by atoms with Crippen molar-refractivity contribution < 1.29 is 14.3 Å². The van der Waals surface area contributed by atoms with Gasteiger partial charge < -0.3 is 25.4 Å². The molecular weight excluding hydrogens is 514 g/mol. The Bertz CT molecular complexity index is 1300. The van der Waals surface area contributed by atoms with Gasteiger partial charge in [-0.3, -0.25) is 5.10 Å². The monoisotopic (exact) mass is 545 g/mol. The number of ether oxygens (including phenoxy) is 2. The van der Waals surface area contributed by atoms with Gasteiger partial charge in [0.1, 0.15) is 16.4 Å². The molecule has 4 N–H and O–H groups in total. The molecule has 2 atom stereocenters. The zero-order chi connectivity index (χ0) is 26.4. The van der Waals surface area contributed by atoms with Gasteiger partial charge >= 0.3 is 6.09 Å². The number of aromatic nitrogens is 4. The van der Waals surface area contributed by atoms with E-state index in [1.165, 1.54) is 11.8 Å². The fourth-order valence-corrected chi connectivity index (χ4v) is 6.21. The van der Waals surface area contributed by atoms with E-state index in [-0.39, 0.29) is 17.6 Å². The lowest BCUT2D eigenvalue weighted by atomic mass is 9.73. The number of nitrogens with zero attached hydrogens (tertiary/aromatic N) is 4. The fraction of sp³-hybridized carbons (Fsp3) is 0.520. The van der Waals surface area contributed by atoms with Crippen molar-refractivity contribution in [3.05, 3.63) is 29.5 Å². The second kappa shape index (κ2) is 9.85. The van der Waals surface area contributed by atoms with E-state index in [4.69, 9.17) is 26.8 Å². The number of nitrogens with two attached hydrogens (primary N) is 1. The first-order valence-corrected chi connectivity index (χ1v) is 13.5. The van der Waals surface area contributed by atoms with Gasteiger partial charge in [-0.05, 0) is 52.7 Å². The number of carbonyl (C=O) groups excluding carboxylic acids is 1. The predicted octanol–water partition coefficient (Wildman–Crippen LogP) is 4.64. The SMILES string of the molecule is C[C@@H]1OCC2(CCN(c3cnc(Sc4ccc5[nH]ncc5c4Cl)c(N)n3)CC2)[C@@H]1NC(=O)OC(C)(C)C. The highest BCUT2D eigenvalue weighted by Gasteiger charge is 2.50. The third kappa shape index (κ3) is 5.30. The van der Waals surface area contributed by atoms with Crippen molar-refractivity contribution in [2.24, 2.45) is 5.41 Å². The van der Waals surface area contributed by atoms with Crippen LogP contribution in [0.25, 0.3) is 10.9 Å². The number of rotatable bonds is 4. The third-order valence-corrected chi connectivity index (χ3v) is 8.59. The summed E-state index contributed by atoms with van der Waals surface area (Å²) in [4.78, 5) is 24.8. The molecule has 2 fully saturated rings. The molecule has 5 rings (SSSR count). The number of carbonyl (C=O) groups is 1. The standard InChI is InChI=1S/C25H32ClN7O3S/c1-14-20(31-23(34)36-24(2,3)4)25(13-35-14)7-9-33(10-8-25)18-12-28-22(21(27)30-18)37-17-6-5-16-15(19(17)26)11-29-32-16/h5-6,11-12,14,20H,7-10,13H2,1-4H3,(H2,27,30)(H,29,32)(H,31,34)/t14-,20+/m0/s1. The van der Waals surface area contributed by atoms with Crippen molar-refractivity contribution in [1.82, 2.24) is 25.5 Å². The predicted molar refractivity (Wildman–Crippen MR) is 144 cm³/mol. The summed E-state index contributed by atoms with van der Waals surface area (Å²) >= 11 is 7.94. The summed E-state index contributed by atoms with van der Waals surface area (Å²) in [5, 5.41) is 12.1. The Hall–Kier alpha value is -2.76. The van der Waals surface area contributed by atoms with Gasteiger partial charge in [-0.15, -0.1) is 0 Å². The molecule has 2 saturated heterocycles. The maximum absolute atomic E-state index is 12.5. The van der Waals surface area contributed by atoms with Crippen molar-refractivity contribution in [3.63, 3.8) is 0 Å². The van der Waals surface area contributed by atoms with E-state index < -0.39 is 11.7 Å². The van der Waals surface area contributed by atoms with E-state index in [1.54, 1.807) is 12.4 Å². The second-order valence-corrected chi connectivity index (χ2v) is 12.1.